The second-order valence-electron chi connectivity index (χ2n) is 10.4. The third-order valence-corrected chi connectivity index (χ3v) is 7.42. The van der Waals surface area contributed by atoms with Crippen LogP contribution in [0.5, 0.6) is 11.5 Å². The predicted molar refractivity (Wildman–Crippen MR) is 162 cm³/mol. The number of aliphatic imine (C=N–C) groups is 1. The Morgan fingerprint density at radius 1 is 1.05 bits per heavy atom. The summed E-state index contributed by atoms with van der Waals surface area (Å²) in [6.45, 7) is 0.929. The Bertz CT molecular complexity index is 1600. The van der Waals surface area contributed by atoms with E-state index in [9.17, 15) is 19.2 Å². The first-order chi connectivity index (χ1) is 21.3. The molecule has 2 aliphatic heterocycles. The molecule has 2 aliphatic rings. The van der Waals surface area contributed by atoms with Crippen molar-refractivity contribution in [2.24, 2.45) is 12.0 Å². The number of amides is 3. The number of hydrogen-bond donors (Lipinski definition) is 2. The molecule has 0 radical (unpaired) electrons. The van der Waals surface area contributed by atoms with Crippen LogP contribution in [0.15, 0.2) is 47.6 Å². The Morgan fingerprint density at radius 3 is 2.59 bits per heavy atom. The van der Waals surface area contributed by atoms with Crippen molar-refractivity contribution in [2.75, 3.05) is 38.0 Å². The van der Waals surface area contributed by atoms with Gasteiger partial charge in [0.1, 0.15) is 0 Å². The van der Waals surface area contributed by atoms with Gasteiger partial charge in [0.05, 0.1) is 43.7 Å². The zero-order chi connectivity index (χ0) is 31.2. The molecule has 1 fully saturated rings. The van der Waals surface area contributed by atoms with Crippen molar-refractivity contribution in [1.82, 2.24) is 14.5 Å². The fourth-order valence-electron chi connectivity index (χ4n) is 5.14. The lowest BCUT2D eigenvalue weighted by Crippen LogP contribution is -2.43. The van der Waals surface area contributed by atoms with Crippen LogP contribution in [0, 0.1) is 0 Å². The molecule has 3 amide bonds. The van der Waals surface area contributed by atoms with Gasteiger partial charge in [-0.05, 0) is 56.0 Å². The molecular formula is C31H34N6O7. The van der Waals surface area contributed by atoms with E-state index in [1.165, 1.54) is 30.9 Å². The number of rotatable bonds is 10. The number of hydrogen-bond acceptors (Lipinski definition) is 9. The van der Waals surface area contributed by atoms with Gasteiger partial charge in [0.15, 0.2) is 17.3 Å². The summed E-state index contributed by atoms with van der Waals surface area (Å²) in [6.07, 6.45) is 6.85. The number of fused-ring (bicyclic) bond motifs is 2. The third-order valence-electron chi connectivity index (χ3n) is 7.42. The molecule has 1 atom stereocenters. The second kappa shape index (κ2) is 13.4. The van der Waals surface area contributed by atoms with Crippen LogP contribution in [0.2, 0.25) is 0 Å². The van der Waals surface area contributed by atoms with Crippen LogP contribution >= 0.6 is 0 Å². The van der Waals surface area contributed by atoms with Gasteiger partial charge in [-0.2, -0.15) is 0 Å². The molecule has 230 valence electrons. The molecular weight excluding hydrogens is 568 g/mol. The average molecular weight is 603 g/mol. The molecule has 44 heavy (non-hydrogen) atoms. The van der Waals surface area contributed by atoms with Crippen molar-refractivity contribution >= 4 is 47.1 Å². The molecule has 13 nitrogen and oxygen atoms in total. The second-order valence-corrected chi connectivity index (χ2v) is 10.4. The van der Waals surface area contributed by atoms with E-state index in [-0.39, 0.29) is 42.5 Å². The molecule has 0 aliphatic carbocycles. The molecule has 1 aromatic heterocycles. The quantitative estimate of drug-likeness (QED) is 0.261. The first-order valence-corrected chi connectivity index (χ1v) is 14.3. The Hall–Kier alpha value is -5.20. The summed E-state index contributed by atoms with van der Waals surface area (Å²) >= 11 is 0. The number of nitrogens with zero attached hydrogens (tertiary/aromatic N) is 4. The van der Waals surface area contributed by atoms with E-state index >= 15 is 0 Å². The van der Waals surface area contributed by atoms with Crippen LogP contribution in [-0.4, -0.2) is 77.8 Å². The van der Waals surface area contributed by atoms with Gasteiger partial charge in [-0.1, -0.05) is 0 Å². The highest BCUT2D eigenvalue weighted by atomic mass is 16.5. The maximum atomic E-state index is 13.2. The van der Waals surface area contributed by atoms with Crippen LogP contribution in [0.1, 0.15) is 63.4 Å². The van der Waals surface area contributed by atoms with Crippen LogP contribution in [-0.2, 0) is 16.6 Å². The van der Waals surface area contributed by atoms with Gasteiger partial charge in [-0.15, -0.1) is 0 Å². The molecule has 3 heterocycles. The van der Waals surface area contributed by atoms with E-state index in [2.05, 4.69) is 25.3 Å². The Morgan fingerprint density at radius 2 is 1.84 bits per heavy atom. The Kier molecular flexibility index (Phi) is 9.22. The first-order valence-electron chi connectivity index (χ1n) is 14.3. The first kappa shape index (κ1) is 30.3. The number of carbonyl (C=O) groups is 4. The van der Waals surface area contributed by atoms with Gasteiger partial charge in [-0.3, -0.25) is 19.4 Å². The van der Waals surface area contributed by atoms with Crippen LogP contribution in [0.25, 0.3) is 0 Å². The molecule has 3 aromatic rings. The summed E-state index contributed by atoms with van der Waals surface area (Å²) in [7, 11) is 4.45. The summed E-state index contributed by atoms with van der Waals surface area (Å²) in [4.78, 5) is 60.8. The normalized spacial score (nSPS) is 15.5. The summed E-state index contributed by atoms with van der Waals surface area (Å²) in [5.41, 5.74) is 1.84. The van der Waals surface area contributed by atoms with Crippen molar-refractivity contribution < 1.29 is 33.4 Å². The van der Waals surface area contributed by atoms with Gasteiger partial charge in [0, 0.05) is 44.2 Å². The van der Waals surface area contributed by atoms with E-state index in [0.717, 1.165) is 19.3 Å². The number of methoxy groups -OCH3 is 2. The number of aromatic nitrogens is 2. The molecule has 5 rings (SSSR count). The third kappa shape index (κ3) is 6.72. The average Bonchev–Trinajstić information content (AvgIpc) is 3.34. The summed E-state index contributed by atoms with van der Waals surface area (Å²) in [5.74, 6) is -0.128. The molecule has 2 N–H and O–H groups in total. The Labute approximate surface area is 254 Å². The molecule has 2 aromatic carbocycles. The summed E-state index contributed by atoms with van der Waals surface area (Å²) in [6, 6.07) is 9.60. The molecule has 1 saturated heterocycles. The summed E-state index contributed by atoms with van der Waals surface area (Å²) < 4.78 is 17.6. The monoisotopic (exact) mass is 602 g/mol. The van der Waals surface area contributed by atoms with Crippen molar-refractivity contribution in [3.8, 4) is 11.5 Å². The highest BCUT2D eigenvalue weighted by Crippen LogP contribution is 2.38. The van der Waals surface area contributed by atoms with E-state index in [4.69, 9.17) is 9.47 Å². The topological polar surface area (TPSA) is 153 Å². The van der Waals surface area contributed by atoms with Gasteiger partial charge in [0.2, 0.25) is 11.7 Å². The number of piperidine rings is 1. The molecule has 0 spiro atoms. The maximum absolute atomic E-state index is 13.2. The minimum absolute atomic E-state index is 0.00575. The minimum atomic E-state index is -0.482. The largest absolute Gasteiger partial charge is 0.493 e. The fraction of sp³-hybridized carbons (Fsp3) is 0.355. The lowest BCUT2D eigenvalue weighted by atomic mass is 10.0. The van der Waals surface area contributed by atoms with Gasteiger partial charge in [0.25, 0.3) is 11.8 Å². The number of aryl methyl sites for hydroxylation is 1. The number of anilines is 2. The fourth-order valence-corrected chi connectivity index (χ4v) is 5.14. The number of esters is 1. The molecule has 13 heteroatoms. The van der Waals surface area contributed by atoms with Crippen molar-refractivity contribution in [3.63, 3.8) is 0 Å². The van der Waals surface area contributed by atoms with Crippen LogP contribution in [0.4, 0.5) is 17.2 Å². The highest BCUT2D eigenvalue weighted by Gasteiger charge is 2.31. The number of ether oxygens (including phenoxy) is 3. The van der Waals surface area contributed by atoms with Gasteiger partial charge < -0.3 is 34.3 Å². The highest BCUT2D eigenvalue weighted by molar-refractivity contribution is 6.04. The molecule has 0 bridgehead atoms. The van der Waals surface area contributed by atoms with Gasteiger partial charge >= 0.3 is 5.97 Å². The van der Waals surface area contributed by atoms with Crippen molar-refractivity contribution in [1.29, 1.82) is 0 Å². The lowest BCUT2D eigenvalue weighted by Gasteiger charge is -2.32. The number of nitrogens with one attached hydrogen (secondary N) is 2. The standard InChI is InChI=1S/C31H34N6O7/c1-36-18-26(35-28(36)29(39)33-20-11-9-19(10-12-20)31(41)43-3)34-27(38)8-6-14-44-25-16-23-22(15-24(25)42-2)30(40)37-13-5-4-7-21(37)17-32-23/h9-12,15-18,21H,4-8,13-14H2,1-3H3,(H,33,39)(H,34,38)/t21-/m1/s1. The summed E-state index contributed by atoms with van der Waals surface area (Å²) in [5, 5.41) is 5.41. The maximum Gasteiger partial charge on any atom is 0.337 e. The Balaban J connectivity index is 1.13. The molecule has 0 saturated carbocycles. The zero-order valence-electron chi connectivity index (χ0n) is 24.8. The smallest absolute Gasteiger partial charge is 0.337 e. The van der Waals surface area contributed by atoms with Crippen LogP contribution < -0.4 is 20.1 Å². The van der Waals surface area contributed by atoms with E-state index in [1.807, 2.05) is 11.1 Å². The van der Waals surface area contributed by atoms with Crippen LogP contribution in [0.3, 0.4) is 0 Å². The van der Waals surface area contributed by atoms with Crippen molar-refractivity contribution in [2.45, 2.75) is 38.1 Å². The van der Waals surface area contributed by atoms with Crippen molar-refractivity contribution in [3.05, 3.63) is 59.5 Å². The lowest BCUT2D eigenvalue weighted by molar-refractivity contribution is -0.116. The predicted octanol–water partition coefficient (Wildman–Crippen LogP) is 3.98. The van der Waals surface area contributed by atoms with E-state index < -0.39 is 11.9 Å². The van der Waals surface area contributed by atoms with Gasteiger partial charge in [-0.25, -0.2) is 9.78 Å². The molecule has 0 unspecified atom stereocenters. The van der Waals surface area contributed by atoms with E-state index in [1.54, 1.807) is 37.5 Å². The number of carbonyl (C=O) groups excluding carboxylic acids is 4. The SMILES string of the molecule is COC(=O)c1ccc(NC(=O)c2nc(NC(=O)CCCOc3cc4c(cc3OC)C(=O)N3CCCC[C@@H]3C=N4)cn2C)cc1. The minimum Gasteiger partial charge on any atom is -0.493 e. The number of imidazole rings is 1. The van der Waals surface area contributed by atoms with E-state index in [0.29, 0.717) is 47.0 Å². The zero-order valence-corrected chi connectivity index (χ0v) is 24.8. The number of benzene rings is 2.